The van der Waals surface area contributed by atoms with Gasteiger partial charge in [-0.2, -0.15) is 5.10 Å². The molecule has 2 aliphatic heterocycles. The highest BCUT2D eigenvalue weighted by atomic mass is 16.5. The first-order valence-corrected chi connectivity index (χ1v) is 9.61. The Morgan fingerprint density at radius 3 is 2.84 bits per heavy atom. The van der Waals surface area contributed by atoms with Crippen molar-refractivity contribution in [3.63, 3.8) is 0 Å². The molecule has 3 rings (SSSR count). The van der Waals surface area contributed by atoms with E-state index in [1.807, 2.05) is 28.8 Å². The summed E-state index contributed by atoms with van der Waals surface area (Å²) in [6, 6.07) is 2.24. The molecule has 1 aromatic rings. The van der Waals surface area contributed by atoms with Crippen molar-refractivity contribution in [3.05, 3.63) is 18.5 Å². The van der Waals surface area contributed by atoms with Crippen molar-refractivity contribution < 1.29 is 9.53 Å². The van der Waals surface area contributed by atoms with E-state index >= 15 is 0 Å². The second-order valence-corrected chi connectivity index (χ2v) is 7.01. The summed E-state index contributed by atoms with van der Waals surface area (Å²) in [4.78, 5) is 16.9. The van der Waals surface area contributed by atoms with Crippen LogP contribution in [0.5, 0.6) is 0 Å². The van der Waals surface area contributed by atoms with Crippen molar-refractivity contribution in [3.8, 4) is 0 Å². The number of rotatable bonds is 7. The zero-order valence-electron chi connectivity index (χ0n) is 15.3. The van der Waals surface area contributed by atoms with Crippen LogP contribution in [0.3, 0.4) is 0 Å². The molecule has 0 aliphatic carbocycles. The van der Waals surface area contributed by atoms with Gasteiger partial charge < -0.3 is 19.9 Å². The molecule has 1 atom stereocenters. The maximum atomic E-state index is 12.5. The van der Waals surface area contributed by atoms with E-state index in [-0.39, 0.29) is 12.1 Å². The van der Waals surface area contributed by atoms with Crippen molar-refractivity contribution in [1.29, 1.82) is 0 Å². The van der Waals surface area contributed by atoms with E-state index in [1.54, 1.807) is 6.20 Å². The minimum absolute atomic E-state index is 0.0484. The van der Waals surface area contributed by atoms with Crippen LogP contribution < -0.4 is 5.32 Å². The number of nitrogens with zero attached hydrogens (tertiary/aromatic N) is 4. The first-order chi connectivity index (χ1) is 12.2. The van der Waals surface area contributed by atoms with Gasteiger partial charge in [-0.05, 0) is 38.7 Å². The second-order valence-electron chi connectivity index (χ2n) is 7.01. The van der Waals surface area contributed by atoms with Crippen molar-refractivity contribution in [1.82, 2.24) is 24.9 Å². The zero-order chi connectivity index (χ0) is 17.5. The van der Waals surface area contributed by atoms with Gasteiger partial charge in [0.2, 0.25) is 0 Å². The number of likely N-dealkylation sites (N-methyl/N-ethyl adjacent to an activating group) is 1. The fourth-order valence-corrected chi connectivity index (χ4v) is 3.66. The minimum atomic E-state index is 0.0484. The van der Waals surface area contributed by atoms with E-state index in [4.69, 9.17) is 4.74 Å². The molecule has 0 saturated carbocycles. The van der Waals surface area contributed by atoms with Crippen LogP contribution in [0.1, 0.15) is 32.6 Å². The van der Waals surface area contributed by atoms with Gasteiger partial charge in [-0.25, -0.2) is 4.79 Å². The molecular formula is C18H31N5O2. The smallest absolute Gasteiger partial charge is 0.317 e. The summed E-state index contributed by atoms with van der Waals surface area (Å²) >= 11 is 0. The lowest BCUT2D eigenvalue weighted by molar-refractivity contribution is 0.0628. The zero-order valence-corrected chi connectivity index (χ0v) is 15.3. The Morgan fingerprint density at radius 2 is 2.20 bits per heavy atom. The van der Waals surface area contributed by atoms with Crippen LogP contribution in [0.15, 0.2) is 18.5 Å². The highest BCUT2D eigenvalue weighted by Crippen LogP contribution is 2.17. The predicted octanol–water partition coefficient (Wildman–Crippen LogP) is 1.56. The van der Waals surface area contributed by atoms with Crippen molar-refractivity contribution in [2.45, 2.75) is 51.3 Å². The third-order valence-corrected chi connectivity index (χ3v) is 5.23. The molecule has 0 unspecified atom stereocenters. The van der Waals surface area contributed by atoms with Gasteiger partial charge in [0, 0.05) is 57.8 Å². The normalized spacial score (nSPS) is 22.2. The van der Waals surface area contributed by atoms with E-state index < -0.39 is 0 Å². The lowest BCUT2D eigenvalue weighted by Gasteiger charge is -2.34. The lowest BCUT2D eigenvalue weighted by atomic mass is 10.0. The van der Waals surface area contributed by atoms with Crippen molar-refractivity contribution in [2.75, 3.05) is 39.3 Å². The summed E-state index contributed by atoms with van der Waals surface area (Å²) in [5.41, 5.74) is 0. The molecule has 1 N–H and O–H groups in total. The number of urea groups is 1. The number of carbonyl (C=O) groups is 1. The minimum Gasteiger partial charge on any atom is -0.377 e. The fraction of sp³-hybridized carbons (Fsp3) is 0.778. The summed E-state index contributed by atoms with van der Waals surface area (Å²) in [6.07, 6.45) is 8.55. The lowest BCUT2D eigenvalue weighted by Crippen LogP contribution is -2.50. The average molecular weight is 349 g/mol. The number of nitrogens with one attached hydrogen (secondary N) is 1. The van der Waals surface area contributed by atoms with Gasteiger partial charge in [0.15, 0.2) is 0 Å². The number of carbonyl (C=O) groups excluding carboxylic acids is 1. The first kappa shape index (κ1) is 18.2. The predicted molar refractivity (Wildman–Crippen MR) is 96.4 cm³/mol. The Morgan fingerprint density at radius 1 is 1.36 bits per heavy atom. The average Bonchev–Trinajstić information content (AvgIpc) is 3.31. The van der Waals surface area contributed by atoms with Crippen molar-refractivity contribution >= 4 is 6.03 Å². The number of aromatic nitrogens is 2. The molecule has 0 radical (unpaired) electrons. The van der Waals surface area contributed by atoms with E-state index in [2.05, 4.69) is 15.3 Å². The quantitative estimate of drug-likeness (QED) is 0.811. The van der Waals surface area contributed by atoms with E-state index in [9.17, 15) is 4.79 Å². The van der Waals surface area contributed by atoms with Crippen LogP contribution in [0, 0.1) is 0 Å². The highest BCUT2D eigenvalue weighted by Gasteiger charge is 2.25. The van der Waals surface area contributed by atoms with Crippen LogP contribution in [0.4, 0.5) is 4.79 Å². The van der Waals surface area contributed by atoms with Gasteiger partial charge in [0.25, 0.3) is 0 Å². The maximum Gasteiger partial charge on any atom is 0.317 e. The van der Waals surface area contributed by atoms with Crippen LogP contribution in [-0.4, -0.2) is 77.1 Å². The fourth-order valence-electron chi connectivity index (χ4n) is 3.66. The Hall–Kier alpha value is -1.60. The molecule has 0 bridgehead atoms. The summed E-state index contributed by atoms with van der Waals surface area (Å²) in [5.74, 6) is 0. The summed E-state index contributed by atoms with van der Waals surface area (Å²) in [7, 11) is 0. The first-order valence-electron chi connectivity index (χ1n) is 9.61. The molecule has 2 fully saturated rings. The summed E-state index contributed by atoms with van der Waals surface area (Å²) in [5, 5.41) is 7.40. The van der Waals surface area contributed by atoms with Gasteiger partial charge in [0.05, 0.1) is 12.6 Å². The van der Waals surface area contributed by atoms with Crippen LogP contribution in [-0.2, 0) is 11.3 Å². The Kier molecular flexibility index (Phi) is 6.69. The van der Waals surface area contributed by atoms with E-state index in [0.29, 0.717) is 19.2 Å². The molecule has 7 heteroatoms. The van der Waals surface area contributed by atoms with E-state index in [1.165, 1.54) is 12.8 Å². The standard InChI is InChI=1S/C18H31N5O2/c1-2-22(12-13-23-9-4-8-19-23)18(24)20-16-6-10-21(11-7-16)15-17-5-3-14-25-17/h4,8-9,16-17H,2-3,5-7,10-15H2,1H3,(H,20,24)/t17-/m0/s1. The molecule has 140 valence electrons. The second kappa shape index (κ2) is 9.20. The third kappa shape index (κ3) is 5.44. The molecule has 1 aromatic heterocycles. The monoisotopic (exact) mass is 349 g/mol. The SMILES string of the molecule is CCN(CCn1cccn1)C(=O)NC1CCN(C[C@@H]2CCCO2)CC1. The molecule has 7 nitrogen and oxygen atoms in total. The van der Waals surface area contributed by atoms with Gasteiger partial charge in [-0.1, -0.05) is 0 Å². The van der Waals surface area contributed by atoms with Crippen LogP contribution in [0.2, 0.25) is 0 Å². The molecule has 0 aromatic carbocycles. The Bertz CT molecular complexity index is 508. The Labute approximate surface area is 150 Å². The molecule has 0 spiro atoms. The summed E-state index contributed by atoms with van der Waals surface area (Å²) < 4.78 is 7.59. The number of amides is 2. The summed E-state index contributed by atoms with van der Waals surface area (Å²) in [6.45, 7) is 8.20. The molecule has 2 saturated heterocycles. The van der Waals surface area contributed by atoms with Crippen LogP contribution in [0.25, 0.3) is 0 Å². The molecule has 2 amide bonds. The highest BCUT2D eigenvalue weighted by molar-refractivity contribution is 5.74. The van der Waals surface area contributed by atoms with Crippen LogP contribution >= 0.6 is 0 Å². The molecule has 3 heterocycles. The van der Waals surface area contributed by atoms with Gasteiger partial charge in [-0.3, -0.25) is 4.68 Å². The number of hydrogen-bond acceptors (Lipinski definition) is 4. The molecule has 2 aliphatic rings. The van der Waals surface area contributed by atoms with Gasteiger partial charge in [-0.15, -0.1) is 0 Å². The third-order valence-electron chi connectivity index (χ3n) is 5.23. The number of hydrogen-bond donors (Lipinski definition) is 1. The van der Waals surface area contributed by atoms with Gasteiger partial charge in [0.1, 0.15) is 0 Å². The number of piperidine rings is 1. The van der Waals surface area contributed by atoms with Crippen molar-refractivity contribution in [2.24, 2.45) is 0 Å². The Balaban J connectivity index is 1.37. The topological polar surface area (TPSA) is 62.6 Å². The van der Waals surface area contributed by atoms with E-state index in [0.717, 1.165) is 45.6 Å². The largest absolute Gasteiger partial charge is 0.377 e. The number of likely N-dealkylation sites (tertiary alicyclic amines) is 1. The van der Waals surface area contributed by atoms with Gasteiger partial charge >= 0.3 is 6.03 Å². The maximum absolute atomic E-state index is 12.5. The molecule has 25 heavy (non-hydrogen) atoms. The number of ether oxygens (including phenoxy) is 1. The molecular weight excluding hydrogens is 318 g/mol.